The quantitative estimate of drug-likeness (QED) is 0.829. The summed E-state index contributed by atoms with van der Waals surface area (Å²) in [7, 11) is 0. The molecule has 18 heavy (non-hydrogen) atoms. The predicted octanol–water partition coefficient (Wildman–Crippen LogP) is 1.39. The Balaban J connectivity index is 1.74. The van der Waals surface area contributed by atoms with Crippen molar-refractivity contribution < 1.29 is 13.9 Å². The molecule has 2 heterocycles. The van der Waals surface area contributed by atoms with Crippen molar-refractivity contribution >= 4 is 16.9 Å². The van der Waals surface area contributed by atoms with Gasteiger partial charge in [0.25, 0.3) is 0 Å². The molecule has 0 aliphatic carbocycles. The summed E-state index contributed by atoms with van der Waals surface area (Å²) in [5.41, 5.74) is 2.05. The summed E-state index contributed by atoms with van der Waals surface area (Å²) in [5, 5.41) is 3.21. The number of ketones is 1. The first kappa shape index (κ1) is 11.4. The molecule has 1 unspecified atom stereocenters. The van der Waals surface area contributed by atoms with Crippen LogP contribution in [0.15, 0.2) is 29.0 Å². The van der Waals surface area contributed by atoms with Crippen LogP contribution in [0.3, 0.4) is 0 Å². The van der Waals surface area contributed by atoms with E-state index in [1.165, 1.54) is 6.39 Å². The highest BCUT2D eigenvalue weighted by molar-refractivity contribution is 5.98. The van der Waals surface area contributed by atoms with Crippen molar-refractivity contribution in [3.8, 4) is 0 Å². The van der Waals surface area contributed by atoms with Crippen molar-refractivity contribution in [1.82, 2.24) is 10.3 Å². The number of Topliss-reactive ketones (excluding diaryl/α,β-unsaturated/α-hetero) is 1. The van der Waals surface area contributed by atoms with E-state index in [0.29, 0.717) is 24.2 Å². The van der Waals surface area contributed by atoms with E-state index in [2.05, 4.69) is 10.3 Å². The van der Waals surface area contributed by atoms with E-state index in [4.69, 9.17) is 9.15 Å². The highest BCUT2D eigenvalue weighted by Gasteiger charge is 2.18. The van der Waals surface area contributed by atoms with Gasteiger partial charge in [0.15, 0.2) is 17.8 Å². The second kappa shape index (κ2) is 4.88. The maximum Gasteiger partial charge on any atom is 0.181 e. The lowest BCUT2D eigenvalue weighted by Crippen LogP contribution is -2.39. The van der Waals surface area contributed by atoms with Crippen LogP contribution < -0.4 is 5.32 Å². The molecule has 1 fully saturated rings. The van der Waals surface area contributed by atoms with Gasteiger partial charge in [0.05, 0.1) is 12.7 Å². The molecule has 0 saturated carbocycles. The van der Waals surface area contributed by atoms with Crippen molar-refractivity contribution in [2.75, 3.05) is 19.7 Å². The fourth-order valence-electron chi connectivity index (χ4n) is 2.10. The molecule has 1 aromatic carbocycles. The molecule has 0 bridgehead atoms. The molecule has 1 aliphatic heterocycles. The van der Waals surface area contributed by atoms with Crippen LogP contribution >= 0.6 is 0 Å². The largest absolute Gasteiger partial charge is 0.443 e. The van der Waals surface area contributed by atoms with Crippen LogP contribution in [-0.4, -0.2) is 36.6 Å². The molecule has 0 amide bonds. The first-order chi connectivity index (χ1) is 8.83. The number of hydrogen-bond acceptors (Lipinski definition) is 5. The Labute approximate surface area is 104 Å². The molecular formula is C13H14N2O3. The van der Waals surface area contributed by atoms with E-state index in [1.807, 2.05) is 0 Å². The number of ether oxygens (including phenoxy) is 1. The van der Waals surface area contributed by atoms with Gasteiger partial charge in [0.1, 0.15) is 5.52 Å². The molecule has 0 radical (unpaired) electrons. The topological polar surface area (TPSA) is 64.4 Å². The fraction of sp³-hybridized carbons (Fsp3) is 0.385. The van der Waals surface area contributed by atoms with Gasteiger partial charge >= 0.3 is 0 Å². The van der Waals surface area contributed by atoms with Gasteiger partial charge in [0.2, 0.25) is 0 Å². The van der Waals surface area contributed by atoms with E-state index in [9.17, 15) is 4.79 Å². The lowest BCUT2D eigenvalue weighted by molar-refractivity contribution is 0.0240. The van der Waals surface area contributed by atoms with E-state index < -0.39 is 0 Å². The molecule has 1 aromatic heterocycles. The van der Waals surface area contributed by atoms with Crippen LogP contribution in [0.1, 0.15) is 16.8 Å². The Morgan fingerprint density at radius 2 is 2.44 bits per heavy atom. The summed E-state index contributed by atoms with van der Waals surface area (Å²) >= 11 is 0. The fourth-order valence-corrected chi connectivity index (χ4v) is 2.10. The number of benzene rings is 1. The van der Waals surface area contributed by atoms with Crippen LogP contribution in [0.25, 0.3) is 11.1 Å². The van der Waals surface area contributed by atoms with Gasteiger partial charge in [-0.2, -0.15) is 0 Å². The predicted molar refractivity (Wildman–Crippen MR) is 65.6 cm³/mol. The maximum atomic E-state index is 12.1. The number of carbonyl (C=O) groups is 1. The molecule has 1 atom stereocenters. The van der Waals surface area contributed by atoms with Gasteiger partial charge < -0.3 is 14.5 Å². The van der Waals surface area contributed by atoms with Gasteiger partial charge in [-0.05, 0) is 18.2 Å². The Morgan fingerprint density at radius 3 is 3.28 bits per heavy atom. The second-order valence-electron chi connectivity index (χ2n) is 4.36. The summed E-state index contributed by atoms with van der Waals surface area (Å²) in [6.45, 7) is 2.25. The van der Waals surface area contributed by atoms with Crippen molar-refractivity contribution in [3.05, 3.63) is 30.2 Å². The maximum absolute atomic E-state index is 12.1. The molecule has 5 heteroatoms. The summed E-state index contributed by atoms with van der Waals surface area (Å²) in [4.78, 5) is 16.1. The third kappa shape index (κ3) is 2.27. The Morgan fingerprint density at radius 1 is 1.50 bits per heavy atom. The van der Waals surface area contributed by atoms with Crippen LogP contribution in [-0.2, 0) is 4.74 Å². The van der Waals surface area contributed by atoms with Gasteiger partial charge in [-0.15, -0.1) is 0 Å². The zero-order valence-electron chi connectivity index (χ0n) is 9.89. The number of fused-ring (bicyclic) bond motifs is 1. The number of morpholine rings is 1. The third-order valence-corrected chi connectivity index (χ3v) is 3.07. The SMILES string of the molecule is O=C(CC1CNCCO1)c1ccc2ncoc2c1. The number of hydrogen-bond donors (Lipinski definition) is 1. The van der Waals surface area contributed by atoms with E-state index in [-0.39, 0.29) is 11.9 Å². The van der Waals surface area contributed by atoms with Gasteiger partial charge in [0, 0.05) is 25.1 Å². The normalized spacial score (nSPS) is 20.1. The smallest absolute Gasteiger partial charge is 0.181 e. The zero-order valence-corrected chi connectivity index (χ0v) is 9.89. The average Bonchev–Trinajstić information content (AvgIpc) is 2.87. The Kier molecular flexibility index (Phi) is 3.08. The van der Waals surface area contributed by atoms with Crippen LogP contribution in [0.2, 0.25) is 0 Å². The number of carbonyl (C=O) groups excluding carboxylic acids is 1. The average molecular weight is 246 g/mol. The molecule has 0 spiro atoms. The Bertz CT molecular complexity index is 558. The van der Waals surface area contributed by atoms with Gasteiger partial charge in [-0.25, -0.2) is 4.98 Å². The molecular weight excluding hydrogens is 232 g/mol. The second-order valence-corrected chi connectivity index (χ2v) is 4.36. The highest BCUT2D eigenvalue weighted by atomic mass is 16.5. The van der Waals surface area contributed by atoms with E-state index >= 15 is 0 Å². The molecule has 1 N–H and O–H groups in total. The number of oxazole rings is 1. The standard InChI is InChI=1S/C13H14N2O3/c16-12(6-10-7-14-3-4-17-10)9-1-2-11-13(5-9)18-8-15-11/h1-2,5,8,10,14H,3-4,6-7H2. The molecule has 1 aliphatic rings. The first-order valence-electron chi connectivity index (χ1n) is 6.02. The summed E-state index contributed by atoms with van der Waals surface area (Å²) in [6.07, 6.45) is 1.75. The highest BCUT2D eigenvalue weighted by Crippen LogP contribution is 2.16. The van der Waals surface area contributed by atoms with Crippen LogP contribution in [0.4, 0.5) is 0 Å². The first-order valence-corrected chi connectivity index (χ1v) is 6.02. The van der Waals surface area contributed by atoms with Crippen LogP contribution in [0.5, 0.6) is 0 Å². The van der Waals surface area contributed by atoms with Crippen molar-refractivity contribution in [2.24, 2.45) is 0 Å². The number of rotatable bonds is 3. The Hall–Kier alpha value is -1.72. The van der Waals surface area contributed by atoms with Crippen LogP contribution in [0, 0.1) is 0 Å². The number of nitrogens with zero attached hydrogens (tertiary/aromatic N) is 1. The summed E-state index contributed by atoms with van der Waals surface area (Å²) in [6, 6.07) is 5.32. The van der Waals surface area contributed by atoms with Crippen molar-refractivity contribution in [2.45, 2.75) is 12.5 Å². The van der Waals surface area contributed by atoms with E-state index in [0.717, 1.165) is 18.6 Å². The molecule has 5 nitrogen and oxygen atoms in total. The number of aromatic nitrogens is 1. The zero-order chi connectivity index (χ0) is 12.4. The van der Waals surface area contributed by atoms with Crippen molar-refractivity contribution in [3.63, 3.8) is 0 Å². The minimum absolute atomic E-state index is 0.0309. The summed E-state index contributed by atoms with van der Waals surface area (Å²) in [5.74, 6) is 0.0713. The molecule has 1 saturated heterocycles. The molecule has 3 rings (SSSR count). The molecule has 94 valence electrons. The monoisotopic (exact) mass is 246 g/mol. The summed E-state index contributed by atoms with van der Waals surface area (Å²) < 4.78 is 10.7. The number of nitrogens with one attached hydrogen (secondary N) is 1. The lowest BCUT2D eigenvalue weighted by Gasteiger charge is -2.22. The van der Waals surface area contributed by atoms with Gasteiger partial charge in [-0.3, -0.25) is 4.79 Å². The minimum Gasteiger partial charge on any atom is -0.443 e. The van der Waals surface area contributed by atoms with E-state index in [1.54, 1.807) is 18.2 Å². The molecule has 2 aromatic rings. The van der Waals surface area contributed by atoms with Gasteiger partial charge in [-0.1, -0.05) is 0 Å². The lowest BCUT2D eigenvalue weighted by atomic mass is 10.0. The minimum atomic E-state index is -0.0309. The van der Waals surface area contributed by atoms with Crippen molar-refractivity contribution in [1.29, 1.82) is 0 Å². The third-order valence-electron chi connectivity index (χ3n) is 3.07.